The lowest BCUT2D eigenvalue weighted by molar-refractivity contribution is -0.120. The first-order chi connectivity index (χ1) is 14.7. The zero-order valence-electron chi connectivity index (χ0n) is 17.9. The second-order valence-corrected chi connectivity index (χ2v) is 7.88. The lowest BCUT2D eigenvalue weighted by atomic mass is 9.95. The van der Waals surface area contributed by atoms with Gasteiger partial charge in [0.1, 0.15) is 24.0 Å². The Morgan fingerprint density at radius 3 is 2.55 bits per heavy atom. The molecule has 0 radical (unpaired) electrons. The highest BCUT2D eigenvalue weighted by Gasteiger charge is 2.25. The molecule has 1 amide bonds. The molecule has 0 unspecified atom stereocenters. The van der Waals surface area contributed by atoms with Crippen LogP contribution in [0.15, 0.2) is 12.1 Å². The summed E-state index contributed by atoms with van der Waals surface area (Å²) in [5, 5.41) is 2.79. The third-order valence-corrected chi connectivity index (χ3v) is 5.17. The monoisotopic (exact) mass is 443 g/mol. The van der Waals surface area contributed by atoms with E-state index in [4.69, 9.17) is 14.2 Å². The lowest BCUT2D eigenvalue weighted by Gasteiger charge is -2.29. The van der Waals surface area contributed by atoms with Crippen LogP contribution in [0.1, 0.15) is 39.5 Å². The average molecular weight is 443 g/mol. The van der Waals surface area contributed by atoms with Crippen LogP contribution in [-0.4, -0.2) is 53.3 Å². The van der Waals surface area contributed by atoms with Gasteiger partial charge < -0.3 is 19.5 Å². The largest absolute Gasteiger partial charge is 0.487 e. The Morgan fingerprint density at radius 2 is 1.90 bits per heavy atom. The molecule has 1 atom stereocenters. The van der Waals surface area contributed by atoms with E-state index in [2.05, 4.69) is 10.3 Å². The molecule has 0 saturated heterocycles. The highest BCUT2D eigenvalue weighted by atomic mass is 19.3. The molecule has 172 valence electrons. The number of imidazole rings is 1. The highest BCUT2D eigenvalue weighted by molar-refractivity contribution is 5.79. The first-order valence-electron chi connectivity index (χ1n) is 10.3. The predicted octanol–water partition coefficient (Wildman–Crippen LogP) is 3.59. The Balaban J connectivity index is 1.57. The van der Waals surface area contributed by atoms with Gasteiger partial charge in [0.05, 0.1) is 18.2 Å². The lowest BCUT2D eigenvalue weighted by Crippen LogP contribution is -2.37. The number of carbonyl (C=O) groups excluding carboxylic acids is 1. The molecule has 1 aromatic carbocycles. The molecule has 2 aromatic rings. The minimum absolute atomic E-state index is 0.0194. The molecule has 1 aliphatic rings. The molecule has 0 spiro atoms. The Kier molecular flexibility index (Phi) is 7.64. The molecule has 1 N–H and O–H groups in total. The van der Waals surface area contributed by atoms with Gasteiger partial charge in [-0.3, -0.25) is 9.36 Å². The summed E-state index contributed by atoms with van der Waals surface area (Å²) in [6, 6.07) is 2.74. The number of hydrogen-bond donors (Lipinski definition) is 1. The molecule has 1 aliphatic carbocycles. The van der Waals surface area contributed by atoms with Crippen LogP contribution in [0.4, 0.5) is 13.2 Å². The molecule has 1 heterocycles. The van der Waals surface area contributed by atoms with Gasteiger partial charge in [0.25, 0.3) is 12.4 Å². The van der Waals surface area contributed by atoms with Crippen molar-refractivity contribution < 1.29 is 32.2 Å². The van der Waals surface area contributed by atoms with Crippen molar-refractivity contribution in [1.82, 2.24) is 14.9 Å². The topological polar surface area (TPSA) is 74.6 Å². The average Bonchev–Trinajstić information content (AvgIpc) is 3.02. The minimum atomic E-state index is -2.64. The van der Waals surface area contributed by atoms with Gasteiger partial charge in [0.2, 0.25) is 5.91 Å². The van der Waals surface area contributed by atoms with Crippen molar-refractivity contribution in [3.8, 4) is 11.8 Å². The second-order valence-electron chi connectivity index (χ2n) is 7.88. The van der Waals surface area contributed by atoms with Crippen molar-refractivity contribution in [3.05, 3.63) is 17.9 Å². The second kappa shape index (κ2) is 10.2. The van der Waals surface area contributed by atoms with E-state index in [1.165, 1.54) is 13.0 Å². The standard InChI is InChI=1S/C21H28F3N3O4/c1-12(25-13(2)28)10-29-14-4-6-15(7-5-14)31-21-26-20-17(22)8-16(30-11-19(23)24)9-18(20)27(21)3/h8-9,12,14-15,19H,4-7,10-11H2,1-3H3,(H,25,28)/t12-,14-,15-/m0/s1. The fourth-order valence-electron chi connectivity index (χ4n) is 3.68. The Bertz CT molecular complexity index is 898. The number of nitrogens with zero attached hydrogens (tertiary/aromatic N) is 2. The maximum absolute atomic E-state index is 14.4. The zero-order valence-corrected chi connectivity index (χ0v) is 17.9. The number of halogens is 3. The fourth-order valence-corrected chi connectivity index (χ4v) is 3.68. The highest BCUT2D eigenvalue weighted by Crippen LogP contribution is 2.30. The third kappa shape index (κ3) is 6.25. The van der Waals surface area contributed by atoms with E-state index in [0.29, 0.717) is 12.1 Å². The molecule has 3 rings (SSSR count). The number of alkyl halides is 2. The van der Waals surface area contributed by atoms with Gasteiger partial charge in [-0.25, -0.2) is 13.2 Å². The number of nitrogens with one attached hydrogen (secondary N) is 1. The van der Waals surface area contributed by atoms with Gasteiger partial charge in [0.15, 0.2) is 5.82 Å². The number of hydrogen-bond acceptors (Lipinski definition) is 5. The van der Waals surface area contributed by atoms with E-state index in [1.54, 1.807) is 11.6 Å². The molecule has 1 saturated carbocycles. The fraction of sp³-hybridized carbons (Fsp3) is 0.619. The SMILES string of the molecule is CC(=O)N[C@@H](C)CO[C@H]1CC[C@H](Oc2nc3c(F)cc(OCC(F)F)cc3n2C)CC1. The van der Waals surface area contributed by atoms with Gasteiger partial charge in [-0.2, -0.15) is 4.98 Å². The number of benzene rings is 1. The molecule has 1 fully saturated rings. The Labute approximate surface area is 178 Å². The molecular formula is C21H28F3N3O4. The van der Waals surface area contributed by atoms with Gasteiger partial charge in [0, 0.05) is 32.1 Å². The van der Waals surface area contributed by atoms with Crippen LogP contribution in [-0.2, 0) is 16.6 Å². The Morgan fingerprint density at radius 1 is 1.23 bits per heavy atom. The van der Waals surface area contributed by atoms with Crippen LogP contribution in [0.2, 0.25) is 0 Å². The quantitative estimate of drug-likeness (QED) is 0.641. The Hall–Kier alpha value is -2.49. The van der Waals surface area contributed by atoms with Crippen molar-refractivity contribution in [1.29, 1.82) is 0 Å². The van der Waals surface area contributed by atoms with Gasteiger partial charge >= 0.3 is 0 Å². The van der Waals surface area contributed by atoms with Crippen LogP contribution >= 0.6 is 0 Å². The van der Waals surface area contributed by atoms with E-state index in [0.717, 1.165) is 31.7 Å². The van der Waals surface area contributed by atoms with Gasteiger partial charge in [-0.15, -0.1) is 0 Å². The number of fused-ring (bicyclic) bond motifs is 1. The van der Waals surface area contributed by atoms with Crippen molar-refractivity contribution in [2.75, 3.05) is 13.2 Å². The predicted molar refractivity (Wildman–Crippen MR) is 108 cm³/mol. The normalized spacial score (nSPS) is 20.1. The number of aromatic nitrogens is 2. The molecule has 0 bridgehead atoms. The number of carbonyl (C=O) groups is 1. The maximum atomic E-state index is 14.4. The molecule has 31 heavy (non-hydrogen) atoms. The number of rotatable bonds is 9. The molecule has 10 heteroatoms. The van der Waals surface area contributed by atoms with Crippen LogP contribution in [0.25, 0.3) is 11.0 Å². The molecule has 7 nitrogen and oxygen atoms in total. The summed E-state index contributed by atoms with van der Waals surface area (Å²) in [5.74, 6) is -0.719. The zero-order chi connectivity index (χ0) is 22.5. The van der Waals surface area contributed by atoms with Crippen molar-refractivity contribution in [3.63, 3.8) is 0 Å². The van der Waals surface area contributed by atoms with Crippen molar-refractivity contribution >= 4 is 16.9 Å². The first-order valence-corrected chi connectivity index (χ1v) is 10.3. The van der Waals surface area contributed by atoms with Crippen molar-refractivity contribution in [2.24, 2.45) is 7.05 Å². The summed E-state index contributed by atoms with van der Waals surface area (Å²) in [6.45, 7) is 3.02. The number of aryl methyl sites for hydroxylation is 1. The molecule has 0 aliphatic heterocycles. The summed E-state index contributed by atoms with van der Waals surface area (Å²) >= 11 is 0. The van der Waals surface area contributed by atoms with Crippen LogP contribution in [0, 0.1) is 5.82 Å². The van der Waals surface area contributed by atoms with Gasteiger partial charge in [-0.05, 0) is 32.6 Å². The summed E-state index contributed by atoms with van der Waals surface area (Å²) in [7, 11) is 1.68. The van der Waals surface area contributed by atoms with E-state index >= 15 is 0 Å². The maximum Gasteiger partial charge on any atom is 0.297 e. The molecular weight excluding hydrogens is 415 g/mol. The smallest absolute Gasteiger partial charge is 0.297 e. The minimum Gasteiger partial charge on any atom is -0.487 e. The van der Waals surface area contributed by atoms with E-state index in [1.807, 2.05) is 6.92 Å². The van der Waals surface area contributed by atoms with E-state index in [9.17, 15) is 18.0 Å². The van der Waals surface area contributed by atoms with Crippen LogP contribution in [0.3, 0.4) is 0 Å². The summed E-state index contributed by atoms with van der Waals surface area (Å²) in [6.07, 6.45) is 0.505. The van der Waals surface area contributed by atoms with Crippen LogP contribution in [0.5, 0.6) is 11.8 Å². The van der Waals surface area contributed by atoms with Crippen molar-refractivity contribution in [2.45, 2.75) is 64.2 Å². The number of amides is 1. The first kappa shape index (κ1) is 23.2. The summed E-state index contributed by atoms with van der Waals surface area (Å²) < 4.78 is 57.5. The van der Waals surface area contributed by atoms with E-state index < -0.39 is 18.8 Å². The summed E-state index contributed by atoms with van der Waals surface area (Å²) in [5.41, 5.74) is 0.508. The summed E-state index contributed by atoms with van der Waals surface area (Å²) in [4.78, 5) is 15.3. The molecule has 1 aromatic heterocycles. The van der Waals surface area contributed by atoms with Crippen LogP contribution < -0.4 is 14.8 Å². The number of ether oxygens (including phenoxy) is 3. The third-order valence-electron chi connectivity index (χ3n) is 5.17. The van der Waals surface area contributed by atoms with Gasteiger partial charge in [-0.1, -0.05) is 0 Å². The van der Waals surface area contributed by atoms with E-state index in [-0.39, 0.29) is 41.4 Å².